The number of hydrogen-bond acceptors (Lipinski definition) is 44. The highest BCUT2D eigenvalue weighted by Gasteiger charge is 2.56. The highest BCUT2D eigenvalue weighted by Crippen LogP contribution is 2.57. The second-order valence-corrected chi connectivity index (χ2v) is 37.2. The van der Waals surface area contributed by atoms with Crippen molar-refractivity contribution in [3.05, 3.63) is 154 Å². The van der Waals surface area contributed by atoms with Gasteiger partial charge in [0.05, 0.1) is 58.4 Å². The number of fused-ring (bicyclic) bond motifs is 2. The number of imidazole rings is 2. The van der Waals surface area contributed by atoms with E-state index in [1.165, 1.54) is 20.8 Å². The second kappa shape index (κ2) is 36.6. The summed E-state index contributed by atoms with van der Waals surface area (Å²) in [6.07, 6.45) is -37.0. The summed E-state index contributed by atoms with van der Waals surface area (Å²) < 4.78 is 181. The van der Waals surface area contributed by atoms with Gasteiger partial charge in [-0.2, -0.15) is 15.0 Å². The molecule has 68 heteroatoms. The highest BCUT2D eigenvalue weighted by atomic mass is 31.2. The van der Waals surface area contributed by atoms with Gasteiger partial charge in [0.1, 0.15) is 110 Å². The monoisotopic (exact) mass is 1930 g/mol. The number of phosphoric ester groups is 6. The molecule has 14 heterocycles. The van der Waals surface area contributed by atoms with Crippen LogP contribution in [-0.2, 0) is 106 Å². The van der Waals surface area contributed by atoms with Crippen molar-refractivity contribution in [3.8, 4) is 0 Å². The molecule has 62 nitrogen and oxygen atoms in total. The van der Waals surface area contributed by atoms with Crippen molar-refractivity contribution in [2.45, 2.75) is 169 Å². The van der Waals surface area contributed by atoms with E-state index in [0.29, 0.717) is 4.57 Å². The van der Waals surface area contributed by atoms with Crippen LogP contribution in [0.3, 0.4) is 0 Å². The molecule has 0 radical (unpaired) electrons. The Bertz CT molecular complexity index is 6410. The van der Waals surface area contributed by atoms with Crippen molar-refractivity contribution >= 4 is 87.0 Å². The van der Waals surface area contributed by atoms with E-state index in [4.69, 9.17) is 90.9 Å². The number of nitrogens with two attached hydrogens (primary N) is 3. The molecule has 6 fully saturated rings. The molecule has 0 aromatic carbocycles. The van der Waals surface area contributed by atoms with Gasteiger partial charge < -0.3 is 100 Å². The highest BCUT2D eigenvalue weighted by molar-refractivity contribution is 7.48. The van der Waals surface area contributed by atoms with Crippen LogP contribution in [0.5, 0.6) is 0 Å². The van der Waals surface area contributed by atoms with E-state index in [1.54, 1.807) is 0 Å². The van der Waals surface area contributed by atoms with Gasteiger partial charge >= 0.3 is 69.7 Å². The number of H-pyrrole nitrogens is 5. The first-order valence-corrected chi connectivity index (χ1v) is 45.9. The summed E-state index contributed by atoms with van der Waals surface area (Å²) in [5.41, 5.74) is 6.82. The van der Waals surface area contributed by atoms with Gasteiger partial charge in [-0.15, -0.1) is 0 Å². The van der Waals surface area contributed by atoms with Gasteiger partial charge in [0.15, 0.2) is 41.0 Å². The zero-order valence-corrected chi connectivity index (χ0v) is 70.2. The maximum Gasteiger partial charge on any atom is 0.472 e. The summed E-state index contributed by atoms with van der Waals surface area (Å²) in [4.78, 5) is 221. The van der Waals surface area contributed by atoms with Crippen LogP contribution in [0.4, 0.5) is 17.7 Å². The van der Waals surface area contributed by atoms with Crippen molar-refractivity contribution in [2.24, 2.45) is 0 Å². The zero-order chi connectivity index (χ0) is 92.0. The molecule has 6 saturated heterocycles. The summed E-state index contributed by atoms with van der Waals surface area (Å²) in [5, 5.41) is 46.7. The summed E-state index contributed by atoms with van der Waals surface area (Å²) in [7, 11) is -34.4. The average molecular weight is 1930 g/mol. The maximum atomic E-state index is 14.5. The van der Waals surface area contributed by atoms with E-state index >= 15 is 0 Å². The standard InChI is InChI=1S/C59H77N19O43P6/c1-20-9-74(57(89)70-46(20)83)33-6-23(79)26(111-33)12-106-125(99,100)120-42-30(115-52(39(42)81)77-18-63-36-44(77)66-54(61)68-49(36)86)16-109-124(97,98)118-25-8-35(76-11-22(3)48(85)72-59(76)91)113-28(25)14-107-126(101,102)121-43-31(116-53(40(43)82)78-19-64-37-45(78)67-55(62)69-50(37)87)17-110-127(103,104)119-41-29(114-51(38(41)80)73-5-4-32(60)65-56(73)88)15-108-123(95,96)117-24-7-34(112-27(24)13-105-122(92,93)94)75-10-21(2)47(84)71-58(75)90/h4-5,9-11,18-19,23-31,33-35,38-43,51-53,79-82H,6-8,12-17H2,1-3H3,(H,95,96)(H,97,98)(H,99,100)(H,101,102)(H,103,104)(H2,60,65,88)(H,70,83,89)(H,71,84,90)(H,72,85,91)(H2,92,93,94)(H3,61,66,68,86)(H3,62,67,69,87)/t23-,24-,25-,26+,27+,28+,29+,30+,31+,33+,34+,35+,38+,39+,40+,41+,42+,43+,51+,52+,53+/m0/s1. The number of aliphatic hydroxyl groups is 4. The fourth-order valence-electron chi connectivity index (χ4n) is 14.2. The first-order chi connectivity index (χ1) is 59.5. The fourth-order valence-corrected chi connectivity index (χ4v) is 19.3. The number of aromatic nitrogens is 16. The van der Waals surface area contributed by atoms with Crippen LogP contribution in [0.1, 0.15) is 73.3 Å². The zero-order valence-electron chi connectivity index (χ0n) is 64.8. The Morgan fingerprint density at radius 2 is 0.724 bits per heavy atom. The molecule has 22 N–H and O–H groups in total. The third kappa shape index (κ3) is 21.2. The van der Waals surface area contributed by atoms with E-state index < -0.39 is 307 Å². The summed E-state index contributed by atoms with van der Waals surface area (Å²) in [5.74, 6) is -1.40. The molecular weight excluding hydrogens is 1850 g/mol. The third-order valence-electron chi connectivity index (χ3n) is 20.2. The predicted octanol–water partition coefficient (Wildman–Crippen LogP) is -6.55. The van der Waals surface area contributed by atoms with Crippen molar-refractivity contribution in [3.63, 3.8) is 0 Å². The van der Waals surface area contributed by atoms with E-state index in [2.05, 4.69) is 44.4 Å². The Hall–Kier alpha value is -8.72. The van der Waals surface area contributed by atoms with Crippen molar-refractivity contribution in [1.29, 1.82) is 0 Å². The van der Waals surface area contributed by atoms with Crippen LogP contribution in [-0.4, -0.2) is 263 Å². The summed E-state index contributed by atoms with van der Waals surface area (Å²) >= 11 is 0. The van der Waals surface area contributed by atoms with Crippen molar-refractivity contribution in [1.82, 2.24) is 77.2 Å². The molecule has 0 amide bonds. The maximum absolute atomic E-state index is 14.5. The molecule has 0 bridgehead atoms. The number of nitrogens with zero attached hydrogens (tertiary/aromatic N) is 11. The van der Waals surface area contributed by atoms with Gasteiger partial charge in [-0.3, -0.25) is 126 Å². The number of ether oxygens (including phenoxy) is 6. The Kier molecular flexibility index (Phi) is 27.2. The van der Waals surface area contributed by atoms with Crippen molar-refractivity contribution < 1.29 is 160 Å². The van der Waals surface area contributed by atoms with Crippen LogP contribution < -0.4 is 67.8 Å². The largest absolute Gasteiger partial charge is 0.472 e. The Morgan fingerprint density at radius 3 is 1.09 bits per heavy atom. The minimum Gasteiger partial charge on any atom is -0.390 e. The number of anilines is 3. The Labute approximate surface area is 701 Å². The lowest BCUT2D eigenvalue weighted by Crippen LogP contribution is -2.38. The number of hydrogen-bond donors (Lipinski definition) is 19. The lowest BCUT2D eigenvalue weighted by molar-refractivity contribution is -0.0652. The fraction of sp³-hybridized carbons (Fsp3) is 0.559. The predicted molar refractivity (Wildman–Crippen MR) is 409 cm³/mol. The number of phosphoric acid groups is 6. The van der Waals surface area contributed by atoms with Gasteiger partial charge in [0.2, 0.25) is 11.9 Å². The second-order valence-electron chi connectivity index (χ2n) is 29.0. The molecule has 0 aliphatic carbocycles. The minimum atomic E-state index is -5.99. The molecule has 5 unspecified atom stereocenters. The topological polar surface area (TPSA) is 887 Å². The molecule has 696 valence electrons. The minimum absolute atomic E-state index is 0.0357. The first kappa shape index (κ1) is 94.4. The van der Waals surface area contributed by atoms with E-state index in [9.17, 15) is 125 Å². The Morgan fingerprint density at radius 1 is 0.402 bits per heavy atom. The van der Waals surface area contributed by atoms with Crippen LogP contribution >= 0.6 is 46.9 Å². The number of rotatable bonds is 34. The van der Waals surface area contributed by atoms with Gasteiger partial charge in [-0.25, -0.2) is 56.5 Å². The number of aliphatic hydroxyl groups excluding tert-OH is 4. The average Bonchev–Trinajstić information content (AvgIpc) is 1.61. The molecule has 127 heavy (non-hydrogen) atoms. The van der Waals surface area contributed by atoms with Gasteiger partial charge in [-0.1, -0.05) is 0 Å². The SMILES string of the molecule is Cc1cn([C@H]2C[C@H](OP(=O)(O)OC[C@H]3O[C@@H](n4ccc(N)nc4=O)[C@H](O)[C@@H]3OP(=O)(O)OC[C@H]3O[C@@H](n4cnc5c(=O)[nH]c(N)nc54)[C@H](O)[C@@H]3OP(=O)(O)OC[C@H]3O[C@@H](n4cc(C)c(=O)[nH]c4=O)C[C@@H]3OP(=O)(O)OC[C@H]3O[C@@H](n4cnc5c(=O)[nH]c(N)nc54)[C@H](O)[C@@H]3OP(=O)(O)OC[C@H]3O[C@@H](n4cc(C)c(=O)[nH]c4=O)C[C@@H]3O)[C@@H](COP(=O)(O)O)O2)c(=O)[nH]c1=O. The van der Waals surface area contributed by atoms with Crippen molar-refractivity contribution in [2.75, 3.05) is 56.8 Å². The lowest BCUT2D eigenvalue weighted by Gasteiger charge is -2.27. The number of aromatic amines is 5. The van der Waals surface area contributed by atoms with Crippen LogP contribution in [0.15, 0.2) is 86.7 Å². The Balaban J connectivity index is 0.690. The molecule has 8 aromatic rings. The summed E-state index contributed by atoms with van der Waals surface area (Å²) in [6.45, 7) is -3.62. The molecule has 14 rings (SSSR count). The van der Waals surface area contributed by atoms with E-state index in [0.717, 1.165) is 66.3 Å². The quantitative estimate of drug-likeness (QED) is 0.0167. The smallest absolute Gasteiger partial charge is 0.390 e. The van der Waals surface area contributed by atoms with E-state index in [-0.39, 0.29) is 34.6 Å². The molecule has 26 atom stereocenters. The summed E-state index contributed by atoms with van der Waals surface area (Å²) in [6, 6.07) is 1.03. The normalized spacial score (nSPS) is 30.6. The molecule has 0 spiro atoms. The molecule has 6 aliphatic rings. The number of aryl methyl sites for hydroxylation is 3. The molecular formula is C59H77N19O43P6. The van der Waals surface area contributed by atoms with Gasteiger partial charge in [0.25, 0.3) is 27.8 Å². The lowest BCUT2D eigenvalue weighted by atomic mass is 10.1. The van der Waals surface area contributed by atoms with Gasteiger partial charge in [0, 0.05) is 60.7 Å². The molecule has 6 aliphatic heterocycles. The van der Waals surface area contributed by atoms with Crippen LogP contribution in [0.25, 0.3) is 22.3 Å². The van der Waals surface area contributed by atoms with Crippen LogP contribution in [0, 0.1) is 20.8 Å². The number of nitrogens with one attached hydrogen (secondary N) is 5. The molecule has 8 aromatic heterocycles. The van der Waals surface area contributed by atoms with Gasteiger partial charge in [-0.05, 0) is 26.8 Å². The first-order valence-electron chi connectivity index (χ1n) is 36.9. The number of nitrogen functional groups attached to an aromatic ring is 3. The van der Waals surface area contributed by atoms with Crippen LogP contribution in [0.2, 0.25) is 0 Å². The molecule has 0 saturated carbocycles. The van der Waals surface area contributed by atoms with E-state index in [1.807, 2.05) is 9.97 Å². The third-order valence-corrected chi connectivity index (χ3v) is 25.6.